The Labute approximate surface area is 157 Å². The molecule has 0 radical (unpaired) electrons. The van der Waals surface area contributed by atoms with Gasteiger partial charge in [-0.05, 0) is 50.9 Å². The number of amides is 1. The normalized spacial score (nSPS) is 15.6. The van der Waals surface area contributed by atoms with Gasteiger partial charge in [-0.3, -0.25) is 9.59 Å². The smallest absolute Gasteiger partial charge is 0.310 e. The van der Waals surface area contributed by atoms with Crippen LogP contribution in [0.15, 0.2) is 30.3 Å². The molecule has 0 bridgehead atoms. The van der Waals surface area contributed by atoms with Crippen LogP contribution in [0.4, 0.5) is 0 Å². The first-order valence-electron chi connectivity index (χ1n) is 9.72. The number of benzene rings is 1. The number of nitrogens with zero attached hydrogens (tertiary/aromatic N) is 2. The number of ether oxygens (including phenoxy) is 1. The highest BCUT2D eigenvalue weighted by Crippen LogP contribution is 2.11. The van der Waals surface area contributed by atoms with Gasteiger partial charge in [-0.25, -0.2) is 0 Å². The van der Waals surface area contributed by atoms with Crippen molar-refractivity contribution in [3.05, 3.63) is 35.9 Å². The number of likely N-dealkylation sites (tertiary alicyclic amines) is 1. The van der Waals surface area contributed by atoms with Crippen molar-refractivity contribution in [2.45, 2.75) is 39.0 Å². The Morgan fingerprint density at radius 2 is 1.85 bits per heavy atom. The number of carbonyl (C=O) groups excluding carboxylic acids is 2. The van der Waals surface area contributed by atoms with Crippen LogP contribution < -0.4 is 0 Å². The average molecular weight is 360 g/mol. The number of carbonyl (C=O) groups is 2. The summed E-state index contributed by atoms with van der Waals surface area (Å²) in [6.07, 6.45) is 5.03. The first-order chi connectivity index (χ1) is 12.6. The SMILES string of the molecule is COC(=O)C(C)CN(CCCCN1CCCC1)C(=O)Cc1ccccc1. The average Bonchev–Trinajstić information content (AvgIpc) is 3.17. The highest BCUT2D eigenvalue weighted by atomic mass is 16.5. The predicted octanol–water partition coefficient (Wildman–Crippen LogP) is 2.74. The van der Waals surface area contributed by atoms with Crippen LogP contribution in [0.3, 0.4) is 0 Å². The molecule has 0 aliphatic carbocycles. The van der Waals surface area contributed by atoms with Gasteiger partial charge >= 0.3 is 5.97 Å². The van der Waals surface area contributed by atoms with Crippen LogP contribution in [0.25, 0.3) is 0 Å². The minimum absolute atomic E-state index is 0.0770. The van der Waals surface area contributed by atoms with E-state index in [9.17, 15) is 9.59 Å². The third kappa shape index (κ3) is 6.79. The Morgan fingerprint density at radius 3 is 2.50 bits per heavy atom. The molecule has 0 aromatic heterocycles. The van der Waals surface area contributed by atoms with E-state index in [0.717, 1.165) is 24.9 Å². The van der Waals surface area contributed by atoms with Gasteiger partial charge in [-0.2, -0.15) is 0 Å². The van der Waals surface area contributed by atoms with E-state index in [1.165, 1.54) is 33.0 Å². The van der Waals surface area contributed by atoms with E-state index in [4.69, 9.17) is 4.74 Å². The summed E-state index contributed by atoms with van der Waals surface area (Å²) in [5, 5.41) is 0. The Morgan fingerprint density at radius 1 is 1.15 bits per heavy atom. The maximum absolute atomic E-state index is 12.8. The summed E-state index contributed by atoms with van der Waals surface area (Å²) >= 11 is 0. The predicted molar refractivity (Wildman–Crippen MR) is 103 cm³/mol. The number of hydrogen-bond donors (Lipinski definition) is 0. The van der Waals surface area contributed by atoms with Gasteiger partial charge in [-0.15, -0.1) is 0 Å². The molecular formula is C21H32N2O3. The van der Waals surface area contributed by atoms with Gasteiger partial charge in [-0.1, -0.05) is 37.3 Å². The van der Waals surface area contributed by atoms with Gasteiger partial charge in [0.05, 0.1) is 19.4 Å². The second kappa shape index (κ2) is 11.0. The number of hydrogen-bond acceptors (Lipinski definition) is 4. The summed E-state index contributed by atoms with van der Waals surface area (Å²) < 4.78 is 4.82. The lowest BCUT2D eigenvalue weighted by Gasteiger charge is -2.26. The molecule has 1 amide bonds. The molecule has 0 saturated carbocycles. The van der Waals surface area contributed by atoms with Crippen molar-refractivity contribution >= 4 is 11.9 Å². The molecule has 1 aliphatic rings. The molecule has 0 N–H and O–H groups in total. The highest BCUT2D eigenvalue weighted by Gasteiger charge is 2.21. The largest absolute Gasteiger partial charge is 0.469 e. The van der Waals surface area contributed by atoms with Crippen molar-refractivity contribution in [2.24, 2.45) is 5.92 Å². The molecule has 1 aliphatic heterocycles. The number of methoxy groups -OCH3 is 1. The van der Waals surface area contributed by atoms with Crippen LogP contribution in [-0.4, -0.2) is 61.5 Å². The topological polar surface area (TPSA) is 49.9 Å². The lowest BCUT2D eigenvalue weighted by Crippen LogP contribution is -2.39. The third-order valence-corrected chi connectivity index (χ3v) is 5.00. The molecule has 1 fully saturated rings. The molecule has 26 heavy (non-hydrogen) atoms. The van der Waals surface area contributed by atoms with E-state index in [-0.39, 0.29) is 17.8 Å². The Bertz CT molecular complexity index is 556. The van der Waals surface area contributed by atoms with E-state index >= 15 is 0 Å². The van der Waals surface area contributed by atoms with Gasteiger partial charge in [0, 0.05) is 13.1 Å². The Balaban J connectivity index is 1.86. The van der Waals surface area contributed by atoms with Crippen LogP contribution in [-0.2, 0) is 20.7 Å². The summed E-state index contributed by atoms with van der Waals surface area (Å²) in [5.41, 5.74) is 1.00. The van der Waals surface area contributed by atoms with E-state index in [2.05, 4.69) is 4.90 Å². The fourth-order valence-corrected chi connectivity index (χ4v) is 3.45. The van der Waals surface area contributed by atoms with Crippen LogP contribution in [0.1, 0.15) is 38.2 Å². The van der Waals surface area contributed by atoms with Gasteiger partial charge in [0.2, 0.25) is 5.91 Å². The molecule has 2 rings (SSSR count). The highest BCUT2D eigenvalue weighted by molar-refractivity contribution is 5.80. The van der Waals surface area contributed by atoms with Gasteiger partial charge < -0.3 is 14.5 Å². The standard InChI is InChI=1S/C21H32N2O3/c1-18(21(25)26-2)17-23(15-9-8-14-22-12-6-7-13-22)20(24)16-19-10-4-3-5-11-19/h3-5,10-11,18H,6-9,12-17H2,1-2H3. The number of rotatable bonds is 10. The summed E-state index contributed by atoms with van der Waals surface area (Å²) in [7, 11) is 1.39. The maximum atomic E-state index is 12.8. The Hall–Kier alpha value is -1.88. The van der Waals surface area contributed by atoms with E-state index in [1.54, 1.807) is 0 Å². The molecule has 1 unspecified atom stereocenters. The Kier molecular flexibility index (Phi) is 8.62. The molecule has 1 aromatic rings. The first-order valence-corrected chi connectivity index (χ1v) is 9.72. The van der Waals surface area contributed by atoms with Crippen LogP contribution >= 0.6 is 0 Å². The quantitative estimate of drug-likeness (QED) is 0.476. The molecule has 1 atom stereocenters. The molecule has 1 heterocycles. The van der Waals surface area contributed by atoms with Crippen molar-refractivity contribution in [1.29, 1.82) is 0 Å². The minimum Gasteiger partial charge on any atom is -0.469 e. The number of esters is 1. The van der Waals surface area contributed by atoms with Gasteiger partial charge in [0.15, 0.2) is 0 Å². The van der Waals surface area contributed by atoms with Crippen molar-refractivity contribution < 1.29 is 14.3 Å². The van der Waals surface area contributed by atoms with Crippen molar-refractivity contribution in [2.75, 3.05) is 39.8 Å². The van der Waals surface area contributed by atoms with Crippen molar-refractivity contribution in [3.63, 3.8) is 0 Å². The van der Waals surface area contributed by atoms with Crippen LogP contribution in [0, 0.1) is 5.92 Å². The van der Waals surface area contributed by atoms with E-state index in [1.807, 2.05) is 42.2 Å². The number of unbranched alkanes of at least 4 members (excludes halogenated alkanes) is 1. The molecule has 0 spiro atoms. The zero-order valence-electron chi connectivity index (χ0n) is 16.2. The van der Waals surface area contributed by atoms with Gasteiger partial charge in [0.25, 0.3) is 0 Å². The maximum Gasteiger partial charge on any atom is 0.310 e. The van der Waals surface area contributed by atoms with E-state index in [0.29, 0.717) is 19.5 Å². The third-order valence-electron chi connectivity index (χ3n) is 5.00. The van der Waals surface area contributed by atoms with Crippen LogP contribution in [0.5, 0.6) is 0 Å². The van der Waals surface area contributed by atoms with Crippen molar-refractivity contribution in [1.82, 2.24) is 9.80 Å². The zero-order valence-corrected chi connectivity index (χ0v) is 16.2. The second-order valence-corrected chi connectivity index (χ2v) is 7.18. The molecule has 1 aromatic carbocycles. The van der Waals surface area contributed by atoms with Gasteiger partial charge in [0.1, 0.15) is 0 Å². The summed E-state index contributed by atoms with van der Waals surface area (Å²) in [6.45, 7) is 6.45. The lowest BCUT2D eigenvalue weighted by molar-refractivity contribution is -0.146. The summed E-state index contributed by atoms with van der Waals surface area (Å²) in [5.74, 6) is -0.494. The summed E-state index contributed by atoms with van der Waals surface area (Å²) in [6, 6.07) is 9.77. The monoisotopic (exact) mass is 360 g/mol. The molecule has 1 saturated heterocycles. The second-order valence-electron chi connectivity index (χ2n) is 7.18. The summed E-state index contributed by atoms with van der Waals surface area (Å²) in [4.78, 5) is 28.9. The molecule has 5 heteroatoms. The first kappa shape index (κ1) is 20.4. The minimum atomic E-state index is -0.307. The fourth-order valence-electron chi connectivity index (χ4n) is 3.45. The molecule has 144 valence electrons. The van der Waals surface area contributed by atoms with Crippen molar-refractivity contribution in [3.8, 4) is 0 Å². The lowest BCUT2D eigenvalue weighted by atomic mass is 10.1. The zero-order chi connectivity index (χ0) is 18.8. The molecular weight excluding hydrogens is 328 g/mol. The van der Waals surface area contributed by atoms with E-state index < -0.39 is 0 Å². The fraction of sp³-hybridized carbons (Fsp3) is 0.619. The molecule has 5 nitrogen and oxygen atoms in total. The van der Waals surface area contributed by atoms with Crippen LogP contribution in [0.2, 0.25) is 0 Å².